The first kappa shape index (κ1) is 20.0. The Morgan fingerprint density at radius 3 is 2.48 bits per heavy atom. The van der Waals surface area contributed by atoms with Gasteiger partial charge in [0.15, 0.2) is 6.10 Å². The Hall–Kier alpha value is -3.75. The molecule has 9 nitrogen and oxygen atoms in total. The van der Waals surface area contributed by atoms with Crippen LogP contribution in [0.4, 0.5) is 11.4 Å². The van der Waals surface area contributed by atoms with E-state index in [-0.39, 0.29) is 19.0 Å². The minimum atomic E-state index is -0.694. The lowest BCUT2D eigenvalue weighted by atomic mass is 10.2. The molecule has 2 aromatic carbocycles. The molecule has 0 aromatic heterocycles. The summed E-state index contributed by atoms with van der Waals surface area (Å²) >= 11 is 0. The number of nitrogens with zero attached hydrogens (tertiary/aromatic N) is 1. The Bertz CT molecular complexity index is 900. The summed E-state index contributed by atoms with van der Waals surface area (Å²) in [6.07, 6.45) is -0.694. The molecule has 1 unspecified atom stereocenters. The van der Waals surface area contributed by atoms with Gasteiger partial charge in [-0.1, -0.05) is 12.1 Å². The van der Waals surface area contributed by atoms with E-state index in [1.165, 1.54) is 4.90 Å². The van der Waals surface area contributed by atoms with E-state index < -0.39 is 17.9 Å². The van der Waals surface area contributed by atoms with Crippen molar-refractivity contribution in [2.45, 2.75) is 13.0 Å². The Morgan fingerprint density at radius 2 is 1.76 bits per heavy atom. The fraction of sp³-hybridized carbons (Fsp3) is 0.250. The normalized spacial score (nSPS) is 15.0. The number of fused-ring (bicyclic) bond motifs is 1. The Balaban J connectivity index is 1.49. The maximum Gasteiger partial charge on any atom is 0.268 e. The summed E-state index contributed by atoms with van der Waals surface area (Å²) in [5.74, 6) is -0.0522. The Morgan fingerprint density at radius 1 is 1.07 bits per heavy atom. The van der Waals surface area contributed by atoms with Gasteiger partial charge in [0.2, 0.25) is 0 Å². The number of ether oxygens (including phenoxy) is 2. The Kier molecular flexibility index (Phi) is 6.18. The second-order valence-corrected chi connectivity index (χ2v) is 6.33. The van der Waals surface area contributed by atoms with Gasteiger partial charge in [-0.15, -0.1) is 0 Å². The molecule has 0 bridgehead atoms. The second-order valence-electron chi connectivity index (χ2n) is 6.33. The number of nitrogens with one attached hydrogen (secondary N) is 3. The van der Waals surface area contributed by atoms with Crippen LogP contribution in [0.25, 0.3) is 0 Å². The molecule has 9 heteroatoms. The van der Waals surface area contributed by atoms with Crippen molar-refractivity contribution in [3.05, 3.63) is 48.5 Å². The molecule has 3 rings (SSSR count). The van der Waals surface area contributed by atoms with E-state index in [1.807, 2.05) is 0 Å². The smallest absolute Gasteiger partial charge is 0.268 e. The predicted octanol–water partition coefficient (Wildman–Crippen LogP) is 1.07. The molecule has 0 spiro atoms. The molecule has 152 valence electrons. The number of amides is 3. The summed E-state index contributed by atoms with van der Waals surface area (Å²) in [5.41, 5.74) is 5.88. The number of hydrogen-bond donors (Lipinski definition) is 3. The molecular weight excluding hydrogens is 376 g/mol. The van der Waals surface area contributed by atoms with Gasteiger partial charge in [0.1, 0.15) is 18.0 Å². The minimum absolute atomic E-state index is 0.0387. The van der Waals surface area contributed by atoms with Crippen LogP contribution in [0.3, 0.4) is 0 Å². The first-order valence-electron chi connectivity index (χ1n) is 9.00. The second kappa shape index (κ2) is 8.96. The molecule has 1 aliphatic rings. The summed E-state index contributed by atoms with van der Waals surface area (Å²) < 4.78 is 10.6. The molecule has 3 amide bonds. The number of methoxy groups -OCH3 is 1. The van der Waals surface area contributed by atoms with Crippen LogP contribution in [-0.4, -0.2) is 44.0 Å². The maximum atomic E-state index is 12.4. The standard InChI is InChI=1S/C20H22N4O5/c1-13-20(27)24(16-5-3-4-6-17(16)29-13)12-19(26)23-22-18(25)11-21-14-7-9-15(28-2)10-8-14/h3-10,13,21H,11-12H2,1-2H3,(H,22,25)(H,23,26). The lowest BCUT2D eigenvalue weighted by Gasteiger charge is -2.32. The molecule has 29 heavy (non-hydrogen) atoms. The van der Waals surface area contributed by atoms with Crippen LogP contribution >= 0.6 is 0 Å². The third-order valence-corrected chi connectivity index (χ3v) is 4.26. The zero-order valence-electron chi connectivity index (χ0n) is 16.1. The summed E-state index contributed by atoms with van der Waals surface area (Å²) in [6, 6.07) is 14.0. The molecule has 2 aromatic rings. The van der Waals surface area contributed by atoms with Crippen molar-refractivity contribution < 1.29 is 23.9 Å². The van der Waals surface area contributed by atoms with Crippen molar-refractivity contribution in [1.29, 1.82) is 0 Å². The van der Waals surface area contributed by atoms with E-state index in [9.17, 15) is 14.4 Å². The SMILES string of the molecule is COc1ccc(NCC(=O)NNC(=O)CN2C(=O)C(C)Oc3ccccc32)cc1. The summed E-state index contributed by atoms with van der Waals surface area (Å²) in [7, 11) is 1.57. The third-order valence-electron chi connectivity index (χ3n) is 4.26. The minimum Gasteiger partial charge on any atom is -0.497 e. The monoisotopic (exact) mass is 398 g/mol. The van der Waals surface area contributed by atoms with Gasteiger partial charge in [0.05, 0.1) is 19.3 Å². The van der Waals surface area contributed by atoms with Crippen LogP contribution in [0.15, 0.2) is 48.5 Å². The summed E-state index contributed by atoms with van der Waals surface area (Å²) in [5, 5.41) is 2.93. The van der Waals surface area contributed by atoms with Crippen LogP contribution in [0.5, 0.6) is 11.5 Å². The van der Waals surface area contributed by atoms with Gasteiger partial charge < -0.3 is 14.8 Å². The number of para-hydroxylation sites is 2. The van der Waals surface area contributed by atoms with Crippen molar-refractivity contribution >= 4 is 29.1 Å². The van der Waals surface area contributed by atoms with E-state index >= 15 is 0 Å². The molecule has 0 fully saturated rings. The lowest BCUT2D eigenvalue weighted by molar-refractivity contribution is -0.130. The van der Waals surface area contributed by atoms with Gasteiger partial charge in [-0.05, 0) is 43.3 Å². The van der Waals surface area contributed by atoms with E-state index in [0.29, 0.717) is 17.2 Å². The van der Waals surface area contributed by atoms with Gasteiger partial charge in [-0.3, -0.25) is 30.1 Å². The number of carbonyl (C=O) groups is 3. The number of hydrogen-bond acceptors (Lipinski definition) is 6. The molecule has 1 aliphatic heterocycles. The van der Waals surface area contributed by atoms with Crippen molar-refractivity contribution in [1.82, 2.24) is 10.9 Å². The highest BCUT2D eigenvalue weighted by Crippen LogP contribution is 2.33. The molecule has 0 saturated carbocycles. The number of benzene rings is 2. The van der Waals surface area contributed by atoms with E-state index in [4.69, 9.17) is 9.47 Å². The quantitative estimate of drug-likeness (QED) is 0.628. The maximum absolute atomic E-state index is 12.4. The Labute approximate surface area is 167 Å². The predicted molar refractivity (Wildman–Crippen MR) is 107 cm³/mol. The van der Waals surface area contributed by atoms with E-state index in [1.54, 1.807) is 62.6 Å². The largest absolute Gasteiger partial charge is 0.497 e. The van der Waals surface area contributed by atoms with Crippen molar-refractivity contribution in [2.75, 3.05) is 30.4 Å². The number of rotatable bonds is 6. The number of carbonyl (C=O) groups excluding carboxylic acids is 3. The molecule has 1 atom stereocenters. The van der Waals surface area contributed by atoms with Crippen molar-refractivity contribution in [3.63, 3.8) is 0 Å². The average molecular weight is 398 g/mol. The molecule has 0 aliphatic carbocycles. The van der Waals surface area contributed by atoms with Gasteiger partial charge in [-0.25, -0.2) is 0 Å². The van der Waals surface area contributed by atoms with Gasteiger partial charge in [0, 0.05) is 5.69 Å². The highest BCUT2D eigenvalue weighted by Gasteiger charge is 2.32. The molecule has 0 saturated heterocycles. The zero-order valence-corrected chi connectivity index (χ0v) is 16.1. The van der Waals surface area contributed by atoms with Crippen LogP contribution in [0, 0.1) is 0 Å². The van der Waals surface area contributed by atoms with Crippen LogP contribution < -0.4 is 30.5 Å². The van der Waals surface area contributed by atoms with Crippen molar-refractivity contribution in [2.24, 2.45) is 0 Å². The van der Waals surface area contributed by atoms with Crippen LogP contribution in [0.2, 0.25) is 0 Å². The van der Waals surface area contributed by atoms with Gasteiger partial charge in [-0.2, -0.15) is 0 Å². The highest BCUT2D eigenvalue weighted by atomic mass is 16.5. The summed E-state index contributed by atoms with van der Waals surface area (Å²) in [4.78, 5) is 37.9. The highest BCUT2D eigenvalue weighted by molar-refractivity contribution is 6.03. The first-order chi connectivity index (χ1) is 14.0. The van der Waals surface area contributed by atoms with Crippen LogP contribution in [-0.2, 0) is 14.4 Å². The van der Waals surface area contributed by atoms with Crippen molar-refractivity contribution in [3.8, 4) is 11.5 Å². The first-order valence-corrected chi connectivity index (χ1v) is 9.00. The molecular formula is C20H22N4O5. The molecule has 0 radical (unpaired) electrons. The fourth-order valence-electron chi connectivity index (χ4n) is 2.78. The number of anilines is 2. The lowest BCUT2D eigenvalue weighted by Crippen LogP contribution is -2.52. The zero-order chi connectivity index (χ0) is 20.8. The average Bonchev–Trinajstić information content (AvgIpc) is 2.74. The van der Waals surface area contributed by atoms with E-state index in [2.05, 4.69) is 16.2 Å². The topological polar surface area (TPSA) is 109 Å². The molecule has 1 heterocycles. The fourth-order valence-corrected chi connectivity index (χ4v) is 2.78. The number of hydrazine groups is 1. The van der Waals surface area contributed by atoms with Gasteiger partial charge >= 0.3 is 0 Å². The third kappa shape index (κ3) is 4.95. The molecule has 3 N–H and O–H groups in total. The summed E-state index contributed by atoms with van der Waals surface area (Å²) in [6.45, 7) is 1.34. The van der Waals surface area contributed by atoms with Gasteiger partial charge in [0.25, 0.3) is 17.7 Å². The van der Waals surface area contributed by atoms with Crippen LogP contribution in [0.1, 0.15) is 6.92 Å². The van der Waals surface area contributed by atoms with E-state index in [0.717, 1.165) is 5.69 Å².